The maximum atomic E-state index is 12.6. The van der Waals surface area contributed by atoms with E-state index in [-0.39, 0.29) is 6.42 Å². The van der Waals surface area contributed by atoms with E-state index < -0.39 is 35.3 Å². The second-order valence-electron chi connectivity index (χ2n) is 8.04. The van der Waals surface area contributed by atoms with Gasteiger partial charge in [-0.25, -0.2) is 9.59 Å². The van der Waals surface area contributed by atoms with Gasteiger partial charge in [0.05, 0.1) is 13.5 Å². The molecule has 0 saturated carbocycles. The molecule has 1 N–H and O–H groups in total. The molecule has 1 atom stereocenters. The molecular formula is C25H27NO6. The Morgan fingerprint density at radius 1 is 0.969 bits per heavy atom. The smallest absolute Gasteiger partial charge is 0.336 e. The van der Waals surface area contributed by atoms with Crippen LogP contribution in [0.1, 0.15) is 42.3 Å². The van der Waals surface area contributed by atoms with E-state index in [2.05, 4.69) is 10.1 Å². The van der Waals surface area contributed by atoms with Gasteiger partial charge in [0.25, 0.3) is 0 Å². The van der Waals surface area contributed by atoms with E-state index in [1.165, 1.54) is 6.08 Å². The third kappa shape index (κ3) is 7.83. The number of carbonyl (C=O) groups is 4. The lowest BCUT2D eigenvalue weighted by Gasteiger charge is -2.17. The first-order valence-electron chi connectivity index (χ1n) is 10.1. The summed E-state index contributed by atoms with van der Waals surface area (Å²) in [6.07, 6.45) is 2.92. The number of hydrogen-bond donors (Lipinski definition) is 1. The van der Waals surface area contributed by atoms with Crippen LogP contribution in [0.15, 0.2) is 60.7 Å². The van der Waals surface area contributed by atoms with E-state index in [0.717, 1.165) is 12.7 Å². The normalized spacial score (nSPS) is 12.1. The number of carbonyl (C=O) groups excluding carboxylic acids is 4. The molecule has 0 aliphatic carbocycles. The molecule has 32 heavy (non-hydrogen) atoms. The van der Waals surface area contributed by atoms with Crippen LogP contribution < -0.4 is 5.32 Å². The van der Waals surface area contributed by atoms with Crippen molar-refractivity contribution < 1.29 is 28.7 Å². The molecule has 2 rings (SSSR count). The van der Waals surface area contributed by atoms with Crippen molar-refractivity contribution in [2.45, 2.75) is 38.8 Å². The SMILES string of the molecule is COC(=O)C(NC(=O)Cc1ccc(C=CC(=O)OC(C)(C)C)cc1)C(=O)c1ccccc1. The third-order valence-corrected chi connectivity index (χ3v) is 4.23. The minimum atomic E-state index is -1.43. The lowest BCUT2D eigenvalue weighted by molar-refractivity contribution is -0.148. The molecule has 0 bridgehead atoms. The predicted molar refractivity (Wildman–Crippen MR) is 120 cm³/mol. The molecular weight excluding hydrogens is 410 g/mol. The molecule has 0 aliphatic rings. The highest BCUT2D eigenvalue weighted by Gasteiger charge is 2.30. The Morgan fingerprint density at radius 3 is 2.16 bits per heavy atom. The molecule has 1 amide bonds. The fourth-order valence-electron chi connectivity index (χ4n) is 2.76. The average molecular weight is 437 g/mol. The third-order valence-electron chi connectivity index (χ3n) is 4.23. The minimum Gasteiger partial charge on any atom is -0.467 e. The second kappa shape index (κ2) is 11.0. The molecule has 2 aromatic rings. The van der Waals surface area contributed by atoms with E-state index in [1.807, 2.05) is 0 Å². The van der Waals surface area contributed by atoms with Gasteiger partial charge in [0.15, 0.2) is 11.8 Å². The molecule has 1 unspecified atom stereocenters. The van der Waals surface area contributed by atoms with Gasteiger partial charge in [-0.15, -0.1) is 0 Å². The highest BCUT2D eigenvalue weighted by molar-refractivity contribution is 6.13. The van der Waals surface area contributed by atoms with E-state index >= 15 is 0 Å². The van der Waals surface area contributed by atoms with Gasteiger partial charge in [0, 0.05) is 11.6 Å². The van der Waals surface area contributed by atoms with E-state index in [1.54, 1.807) is 81.4 Å². The zero-order valence-corrected chi connectivity index (χ0v) is 18.6. The maximum absolute atomic E-state index is 12.6. The van der Waals surface area contributed by atoms with Crippen LogP contribution in [-0.2, 0) is 30.3 Å². The molecule has 0 aromatic heterocycles. The predicted octanol–water partition coefficient (Wildman–Crippen LogP) is 3.12. The summed E-state index contributed by atoms with van der Waals surface area (Å²) in [5.74, 6) is -2.33. The summed E-state index contributed by atoms with van der Waals surface area (Å²) in [6, 6.07) is 13.7. The van der Waals surface area contributed by atoms with Gasteiger partial charge in [0.1, 0.15) is 5.60 Å². The van der Waals surface area contributed by atoms with Crippen LogP contribution >= 0.6 is 0 Å². The molecule has 168 valence electrons. The zero-order valence-electron chi connectivity index (χ0n) is 18.6. The van der Waals surface area contributed by atoms with Gasteiger partial charge < -0.3 is 14.8 Å². The fraction of sp³-hybridized carbons (Fsp3) is 0.280. The first-order chi connectivity index (χ1) is 15.1. The van der Waals surface area contributed by atoms with Crippen molar-refractivity contribution in [3.05, 3.63) is 77.4 Å². The summed E-state index contributed by atoms with van der Waals surface area (Å²) < 4.78 is 9.89. The minimum absolute atomic E-state index is 0.0361. The number of ketones is 1. The van der Waals surface area contributed by atoms with Crippen molar-refractivity contribution >= 4 is 29.7 Å². The van der Waals surface area contributed by atoms with Crippen LogP contribution in [-0.4, -0.2) is 42.4 Å². The highest BCUT2D eigenvalue weighted by Crippen LogP contribution is 2.11. The Bertz CT molecular complexity index is 987. The second-order valence-corrected chi connectivity index (χ2v) is 8.04. The van der Waals surface area contributed by atoms with Gasteiger partial charge >= 0.3 is 11.9 Å². The number of amides is 1. The Balaban J connectivity index is 2.00. The molecule has 2 aromatic carbocycles. The van der Waals surface area contributed by atoms with Gasteiger partial charge in [-0.05, 0) is 38.0 Å². The van der Waals surface area contributed by atoms with Gasteiger partial charge in [-0.3, -0.25) is 9.59 Å². The standard InChI is InChI=1S/C25H27NO6/c1-25(2,3)32-21(28)15-14-17-10-12-18(13-11-17)16-20(27)26-22(24(30)31-4)23(29)19-8-6-5-7-9-19/h5-15,22H,16H2,1-4H3,(H,26,27). The molecule has 0 heterocycles. The maximum Gasteiger partial charge on any atom is 0.336 e. The Labute approximate surface area is 187 Å². The van der Waals surface area contributed by atoms with Crippen molar-refractivity contribution in [2.24, 2.45) is 0 Å². The first-order valence-corrected chi connectivity index (χ1v) is 10.1. The number of methoxy groups -OCH3 is 1. The van der Waals surface area contributed by atoms with Crippen LogP contribution in [0.5, 0.6) is 0 Å². The molecule has 0 spiro atoms. The molecule has 0 saturated heterocycles. The monoisotopic (exact) mass is 437 g/mol. The van der Waals surface area contributed by atoms with E-state index in [4.69, 9.17) is 4.74 Å². The molecule has 7 heteroatoms. The molecule has 7 nitrogen and oxygen atoms in total. The van der Waals surface area contributed by atoms with Crippen molar-refractivity contribution in [3.8, 4) is 0 Å². The Kier molecular flexibility index (Phi) is 8.46. The molecule has 0 radical (unpaired) electrons. The lowest BCUT2D eigenvalue weighted by atomic mass is 10.0. The van der Waals surface area contributed by atoms with Crippen molar-refractivity contribution in [2.75, 3.05) is 7.11 Å². The van der Waals surface area contributed by atoms with E-state index in [0.29, 0.717) is 11.1 Å². The molecule has 0 fully saturated rings. The summed E-state index contributed by atoms with van der Waals surface area (Å²) in [7, 11) is 1.16. The summed E-state index contributed by atoms with van der Waals surface area (Å²) in [5, 5.41) is 2.45. The number of ether oxygens (including phenoxy) is 2. The summed E-state index contributed by atoms with van der Waals surface area (Å²) in [4.78, 5) is 48.9. The van der Waals surface area contributed by atoms with Crippen molar-refractivity contribution in [1.82, 2.24) is 5.32 Å². The number of hydrogen-bond acceptors (Lipinski definition) is 6. The quantitative estimate of drug-likeness (QED) is 0.295. The number of nitrogens with one attached hydrogen (secondary N) is 1. The largest absolute Gasteiger partial charge is 0.467 e. The summed E-state index contributed by atoms with van der Waals surface area (Å²) >= 11 is 0. The Hall–Kier alpha value is -3.74. The van der Waals surface area contributed by atoms with Crippen LogP contribution in [0, 0.1) is 0 Å². The van der Waals surface area contributed by atoms with Crippen molar-refractivity contribution in [3.63, 3.8) is 0 Å². The summed E-state index contributed by atoms with van der Waals surface area (Å²) in [5.41, 5.74) is 1.16. The average Bonchev–Trinajstić information content (AvgIpc) is 2.75. The van der Waals surface area contributed by atoms with Gasteiger partial charge in [0.2, 0.25) is 5.91 Å². The van der Waals surface area contributed by atoms with Crippen LogP contribution in [0.4, 0.5) is 0 Å². The zero-order chi connectivity index (χ0) is 23.7. The van der Waals surface area contributed by atoms with E-state index in [9.17, 15) is 19.2 Å². The number of rotatable bonds is 8. The Morgan fingerprint density at radius 2 is 1.59 bits per heavy atom. The first kappa shape index (κ1) is 24.5. The lowest BCUT2D eigenvalue weighted by Crippen LogP contribution is -2.47. The van der Waals surface area contributed by atoms with Crippen LogP contribution in [0.25, 0.3) is 6.08 Å². The summed E-state index contributed by atoms with van der Waals surface area (Å²) in [6.45, 7) is 5.37. The molecule has 0 aliphatic heterocycles. The van der Waals surface area contributed by atoms with Gasteiger partial charge in [-0.2, -0.15) is 0 Å². The number of benzene rings is 2. The van der Waals surface area contributed by atoms with Crippen LogP contribution in [0.3, 0.4) is 0 Å². The fourth-order valence-corrected chi connectivity index (χ4v) is 2.76. The topological polar surface area (TPSA) is 98.8 Å². The van der Waals surface area contributed by atoms with Crippen molar-refractivity contribution in [1.29, 1.82) is 0 Å². The number of Topliss-reactive ketones (excluding diaryl/α,β-unsaturated/α-hetero) is 1. The van der Waals surface area contributed by atoms with Gasteiger partial charge in [-0.1, -0.05) is 54.6 Å². The number of esters is 2. The highest BCUT2D eigenvalue weighted by atomic mass is 16.6. The van der Waals surface area contributed by atoms with Crippen LogP contribution in [0.2, 0.25) is 0 Å².